The average molecular weight is 361 g/mol. The van der Waals surface area contributed by atoms with Gasteiger partial charge < -0.3 is 5.32 Å². The van der Waals surface area contributed by atoms with Crippen LogP contribution in [0.4, 0.5) is 5.69 Å². The summed E-state index contributed by atoms with van der Waals surface area (Å²) in [5.74, 6) is -0.388. The number of amides is 1. The molecule has 0 saturated heterocycles. The lowest BCUT2D eigenvalue weighted by atomic mass is 10.1. The van der Waals surface area contributed by atoms with Gasteiger partial charge >= 0.3 is 0 Å². The largest absolute Gasteiger partial charge is 0.323 e. The van der Waals surface area contributed by atoms with E-state index in [-0.39, 0.29) is 12.5 Å². The second-order valence-corrected chi connectivity index (χ2v) is 8.18. The van der Waals surface area contributed by atoms with Gasteiger partial charge in [0.2, 0.25) is 15.9 Å². The van der Waals surface area contributed by atoms with E-state index in [2.05, 4.69) is 5.32 Å². The van der Waals surface area contributed by atoms with Crippen LogP contribution in [0, 0.1) is 13.8 Å². The molecular formula is C16H25ClN2O3S. The fourth-order valence-electron chi connectivity index (χ4n) is 2.31. The molecule has 0 spiro atoms. The van der Waals surface area contributed by atoms with E-state index in [9.17, 15) is 13.2 Å². The van der Waals surface area contributed by atoms with Crippen LogP contribution in [0.25, 0.3) is 0 Å². The topological polar surface area (TPSA) is 66.5 Å². The lowest BCUT2D eigenvalue weighted by Crippen LogP contribution is -2.38. The first kappa shape index (κ1) is 19.9. The minimum atomic E-state index is -3.42. The molecule has 1 rings (SSSR count). The second-order valence-electron chi connectivity index (χ2n) is 5.79. The van der Waals surface area contributed by atoms with E-state index < -0.39 is 10.0 Å². The molecule has 5 nitrogen and oxygen atoms in total. The highest BCUT2D eigenvalue weighted by Crippen LogP contribution is 2.27. The van der Waals surface area contributed by atoms with Gasteiger partial charge in [0.05, 0.1) is 23.5 Å². The number of nitrogens with one attached hydrogen (secondary N) is 1. The Kier molecular flexibility index (Phi) is 7.51. The molecule has 0 bridgehead atoms. The van der Waals surface area contributed by atoms with Gasteiger partial charge in [0, 0.05) is 6.54 Å². The highest BCUT2D eigenvalue weighted by molar-refractivity contribution is 7.88. The van der Waals surface area contributed by atoms with E-state index in [0.29, 0.717) is 17.3 Å². The van der Waals surface area contributed by atoms with E-state index in [1.807, 2.05) is 26.8 Å². The fourth-order valence-corrected chi connectivity index (χ4v) is 3.49. The monoisotopic (exact) mass is 360 g/mol. The Hall–Kier alpha value is -1.11. The van der Waals surface area contributed by atoms with Crippen LogP contribution in [0.15, 0.2) is 12.1 Å². The molecule has 1 N–H and O–H groups in total. The van der Waals surface area contributed by atoms with Crippen molar-refractivity contribution in [2.24, 2.45) is 0 Å². The molecule has 0 aliphatic heterocycles. The van der Waals surface area contributed by atoms with E-state index in [0.717, 1.165) is 36.6 Å². The maximum absolute atomic E-state index is 12.2. The fraction of sp³-hybridized carbons (Fsp3) is 0.562. The van der Waals surface area contributed by atoms with Gasteiger partial charge in [0.15, 0.2) is 0 Å². The quantitative estimate of drug-likeness (QED) is 0.723. The van der Waals surface area contributed by atoms with Gasteiger partial charge in [-0.05, 0) is 37.5 Å². The van der Waals surface area contributed by atoms with Gasteiger partial charge in [-0.25, -0.2) is 8.42 Å². The highest BCUT2D eigenvalue weighted by Gasteiger charge is 2.20. The Bertz CT molecular complexity index is 636. The van der Waals surface area contributed by atoms with Gasteiger partial charge in [-0.2, -0.15) is 4.31 Å². The Morgan fingerprint density at radius 3 is 2.43 bits per heavy atom. The Labute approximate surface area is 144 Å². The summed E-state index contributed by atoms with van der Waals surface area (Å²) in [6.45, 7) is 5.96. The number of unbranched alkanes of at least 4 members (excludes halogenated alkanes) is 2. The van der Waals surface area contributed by atoms with E-state index in [1.165, 1.54) is 4.31 Å². The first-order valence-electron chi connectivity index (χ1n) is 7.67. The SMILES string of the molecule is CCCCCN(CC(=O)Nc1c(C)cc(C)cc1Cl)S(C)(=O)=O. The number of halogens is 1. The normalized spacial score (nSPS) is 11.7. The van der Waals surface area contributed by atoms with Crippen LogP contribution in [-0.4, -0.2) is 38.0 Å². The number of hydrogen-bond donors (Lipinski definition) is 1. The number of anilines is 1. The minimum absolute atomic E-state index is 0.202. The summed E-state index contributed by atoms with van der Waals surface area (Å²) in [5, 5.41) is 3.17. The molecule has 0 unspecified atom stereocenters. The van der Waals surface area contributed by atoms with Crippen LogP contribution in [-0.2, 0) is 14.8 Å². The van der Waals surface area contributed by atoms with Crippen molar-refractivity contribution in [1.82, 2.24) is 4.31 Å². The third-order valence-electron chi connectivity index (χ3n) is 3.50. The van der Waals surface area contributed by atoms with Crippen molar-refractivity contribution < 1.29 is 13.2 Å². The molecule has 0 heterocycles. The average Bonchev–Trinajstić information content (AvgIpc) is 2.41. The number of sulfonamides is 1. The number of carbonyl (C=O) groups excluding carboxylic acids is 1. The van der Waals surface area contributed by atoms with Crippen molar-refractivity contribution in [3.8, 4) is 0 Å². The molecule has 1 amide bonds. The predicted octanol–water partition coefficient (Wildman–Crippen LogP) is 3.35. The van der Waals surface area contributed by atoms with Crippen LogP contribution in [0.1, 0.15) is 37.3 Å². The van der Waals surface area contributed by atoms with Crippen molar-refractivity contribution in [3.63, 3.8) is 0 Å². The molecule has 0 saturated carbocycles. The predicted molar refractivity (Wildman–Crippen MR) is 95.5 cm³/mol. The zero-order valence-corrected chi connectivity index (χ0v) is 15.7. The van der Waals surface area contributed by atoms with Crippen LogP contribution in [0.2, 0.25) is 5.02 Å². The summed E-state index contributed by atoms with van der Waals surface area (Å²) in [5.41, 5.74) is 2.38. The number of rotatable bonds is 8. The molecule has 0 aliphatic carbocycles. The maximum Gasteiger partial charge on any atom is 0.239 e. The summed E-state index contributed by atoms with van der Waals surface area (Å²) >= 11 is 6.16. The molecule has 0 atom stereocenters. The van der Waals surface area contributed by atoms with Crippen LogP contribution < -0.4 is 5.32 Å². The first-order valence-corrected chi connectivity index (χ1v) is 9.89. The van der Waals surface area contributed by atoms with Gasteiger partial charge in [0.1, 0.15) is 0 Å². The number of carbonyl (C=O) groups is 1. The molecule has 23 heavy (non-hydrogen) atoms. The number of aryl methyl sites for hydroxylation is 2. The van der Waals surface area contributed by atoms with E-state index in [1.54, 1.807) is 6.07 Å². The summed E-state index contributed by atoms with van der Waals surface area (Å²) in [4.78, 5) is 12.2. The number of benzene rings is 1. The summed E-state index contributed by atoms with van der Waals surface area (Å²) < 4.78 is 24.8. The molecule has 1 aromatic rings. The van der Waals surface area contributed by atoms with Crippen LogP contribution in [0.3, 0.4) is 0 Å². The third kappa shape index (κ3) is 6.49. The summed E-state index contributed by atoms with van der Waals surface area (Å²) in [7, 11) is -3.42. The molecule has 7 heteroatoms. The summed E-state index contributed by atoms with van der Waals surface area (Å²) in [6.07, 6.45) is 3.77. The molecule has 0 radical (unpaired) electrons. The second kappa shape index (κ2) is 8.66. The molecule has 0 aromatic heterocycles. The van der Waals surface area contributed by atoms with Crippen molar-refractivity contribution >= 4 is 33.2 Å². The van der Waals surface area contributed by atoms with Gasteiger partial charge in [-0.3, -0.25) is 4.79 Å². The molecular weight excluding hydrogens is 336 g/mol. The third-order valence-corrected chi connectivity index (χ3v) is 5.04. The number of nitrogens with zero attached hydrogens (tertiary/aromatic N) is 1. The lowest BCUT2D eigenvalue weighted by molar-refractivity contribution is -0.116. The van der Waals surface area contributed by atoms with E-state index >= 15 is 0 Å². The lowest BCUT2D eigenvalue weighted by Gasteiger charge is -2.20. The van der Waals surface area contributed by atoms with Crippen molar-refractivity contribution in [2.75, 3.05) is 24.7 Å². The Balaban J connectivity index is 2.80. The standard InChI is InChI=1S/C16H25ClN2O3S/c1-5-6-7-8-19(23(4,21)22)11-15(20)18-16-13(3)9-12(2)10-14(16)17/h9-10H,5-8,11H2,1-4H3,(H,18,20). The van der Waals surface area contributed by atoms with Crippen LogP contribution >= 0.6 is 11.6 Å². The van der Waals surface area contributed by atoms with Crippen LogP contribution in [0.5, 0.6) is 0 Å². The minimum Gasteiger partial charge on any atom is -0.323 e. The maximum atomic E-state index is 12.2. The highest BCUT2D eigenvalue weighted by atomic mass is 35.5. The first-order chi connectivity index (χ1) is 10.6. The molecule has 1 aromatic carbocycles. The van der Waals surface area contributed by atoms with Crippen molar-refractivity contribution in [3.05, 3.63) is 28.3 Å². The smallest absolute Gasteiger partial charge is 0.239 e. The Morgan fingerprint density at radius 1 is 1.26 bits per heavy atom. The van der Waals surface area contributed by atoms with Crippen molar-refractivity contribution in [2.45, 2.75) is 40.0 Å². The Morgan fingerprint density at radius 2 is 1.91 bits per heavy atom. The molecule has 0 aliphatic rings. The zero-order chi connectivity index (χ0) is 17.6. The van der Waals surface area contributed by atoms with Gasteiger partial charge in [0.25, 0.3) is 0 Å². The molecule has 130 valence electrons. The number of hydrogen-bond acceptors (Lipinski definition) is 3. The van der Waals surface area contributed by atoms with Gasteiger partial charge in [-0.15, -0.1) is 0 Å². The van der Waals surface area contributed by atoms with Crippen molar-refractivity contribution in [1.29, 1.82) is 0 Å². The molecule has 0 fully saturated rings. The summed E-state index contributed by atoms with van der Waals surface area (Å²) in [6, 6.07) is 3.68. The zero-order valence-electron chi connectivity index (χ0n) is 14.1. The van der Waals surface area contributed by atoms with Gasteiger partial charge in [-0.1, -0.05) is 37.4 Å². The van der Waals surface area contributed by atoms with E-state index in [4.69, 9.17) is 11.6 Å².